The normalized spacial score (nSPS) is 13.7. The third-order valence-electron chi connectivity index (χ3n) is 4.78. The van der Waals surface area contributed by atoms with E-state index in [1.807, 2.05) is 33.2 Å². The summed E-state index contributed by atoms with van der Waals surface area (Å²) in [6, 6.07) is 6.26. The van der Waals surface area contributed by atoms with Gasteiger partial charge in [-0.3, -0.25) is 4.79 Å². The van der Waals surface area contributed by atoms with Crippen LogP contribution in [0.2, 0.25) is 0 Å². The van der Waals surface area contributed by atoms with Gasteiger partial charge in [0.1, 0.15) is 10.8 Å². The van der Waals surface area contributed by atoms with E-state index in [9.17, 15) is 4.79 Å². The smallest absolute Gasteiger partial charge is 0.256 e. The summed E-state index contributed by atoms with van der Waals surface area (Å²) in [7, 11) is 2.00. The molecule has 0 saturated carbocycles. The van der Waals surface area contributed by atoms with Gasteiger partial charge in [0.25, 0.3) is 5.91 Å². The van der Waals surface area contributed by atoms with Crippen LogP contribution in [0, 0.1) is 13.8 Å². The Labute approximate surface area is 162 Å². The second-order valence-electron chi connectivity index (χ2n) is 6.57. The SMILES string of the molecule is Cc1ncc(NC(=O)C2=CCNCc3ccc(-c4cnc(C)n4C)cc32)s1. The van der Waals surface area contributed by atoms with Crippen LogP contribution in [-0.4, -0.2) is 27.0 Å². The molecule has 0 spiro atoms. The lowest BCUT2D eigenvalue weighted by Gasteiger charge is -2.13. The van der Waals surface area contributed by atoms with Gasteiger partial charge in [0, 0.05) is 31.3 Å². The number of anilines is 1. The molecule has 1 aliphatic rings. The number of hydrogen-bond donors (Lipinski definition) is 2. The average Bonchev–Trinajstić information content (AvgIpc) is 3.12. The van der Waals surface area contributed by atoms with E-state index in [2.05, 4.69) is 43.4 Å². The van der Waals surface area contributed by atoms with Gasteiger partial charge in [0.05, 0.1) is 23.1 Å². The van der Waals surface area contributed by atoms with Gasteiger partial charge in [0.2, 0.25) is 0 Å². The molecule has 0 saturated heterocycles. The summed E-state index contributed by atoms with van der Waals surface area (Å²) in [6.07, 6.45) is 5.52. The second kappa shape index (κ2) is 7.09. The minimum atomic E-state index is -0.109. The highest BCUT2D eigenvalue weighted by molar-refractivity contribution is 7.15. The summed E-state index contributed by atoms with van der Waals surface area (Å²) in [6.45, 7) is 5.28. The van der Waals surface area contributed by atoms with Gasteiger partial charge in [0.15, 0.2) is 0 Å². The highest BCUT2D eigenvalue weighted by Gasteiger charge is 2.20. The van der Waals surface area contributed by atoms with Crippen LogP contribution < -0.4 is 10.6 Å². The molecule has 0 unspecified atom stereocenters. The van der Waals surface area contributed by atoms with Crippen LogP contribution in [0.25, 0.3) is 16.8 Å². The number of thiazole rings is 1. The molecule has 0 fully saturated rings. The summed E-state index contributed by atoms with van der Waals surface area (Å²) in [5.41, 5.74) is 4.82. The van der Waals surface area contributed by atoms with Crippen LogP contribution in [0.4, 0.5) is 5.00 Å². The predicted molar refractivity (Wildman–Crippen MR) is 109 cm³/mol. The molecule has 1 aliphatic heterocycles. The third-order valence-corrected chi connectivity index (χ3v) is 5.61. The van der Waals surface area contributed by atoms with E-state index in [4.69, 9.17) is 0 Å². The van der Waals surface area contributed by atoms with Gasteiger partial charge in [-0.05, 0) is 31.0 Å². The lowest BCUT2D eigenvalue weighted by atomic mass is 9.96. The summed E-state index contributed by atoms with van der Waals surface area (Å²) < 4.78 is 2.06. The van der Waals surface area contributed by atoms with Crippen LogP contribution in [0.15, 0.2) is 36.7 Å². The van der Waals surface area contributed by atoms with E-state index in [1.54, 1.807) is 6.20 Å². The van der Waals surface area contributed by atoms with Gasteiger partial charge in [-0.25, -0.2) is 9.97 Å². The maximum absolute atomic E-state index is 13.0. The Hall–Kier alpha value is -2.77. The average molecular weight is 379 g/mol. The maximum atomic E-state index is 13.0. The number of carbonyl (C=O) groups excluding carboxylic acids is 1. The lowest BCUT2D eigenvalue weighted by Crippen LogP contribution is -2.13. The van der Waals surface area contributed by atoms with E-state index < -0.39 is 0 Å². The van der Waals surface area contributed by atoms with Gasteiger partial charge in [-0.2, -0.15) is 0 Å². The van der Waals surface area contributed by atoms with Crippen molar-refractivity contribution in [2.75, 3.05) is 11.9 Å². The van der Waals surface area contributed by atoms with Crippen molar-refractivity contribution in [3.63, 3.8) is 0 Å². The van der Waals surface area contributed by atoms with Crippen LogP contribution in [0.5, 0.6) is 0 Å². The zero-order chi connectivity index (χ0) is 19.0. The van der Waals surface area contributed by atoms with E-state index in [1.165, 1.54) is 11.3 Å². The molecule has 1 aromatic carbocycles. The first-order chi connectivity index (χ1) is 13.0. The zero-order valence-corrected chi connectivity index (χ0v) is 16.4. The van der Waals surface area contributed by atoms with Crippen molar-refractivity contribution >= 4 is 27.8 Å². The van der Waals surface area contributed by atoms with Gasteiger partial charge in [-0.15, -0.1) is 11.3 Å². The number of nitrogens with one attached hydrogen (secondary N) is 2. The Balaban J connectivity index is 1.72. The Morgan fingerprint density at radius 2 is 2.11 bits per heavy atom. The van der Waals surface area contributed by atoms with E-state index in [0.717, 1.165) is 44.8 Å². The summed E-state index contributed by atoms with van der Waals surface area (Å²) in [4.78, 5) is 21.6. The summed E-state index contributed by atoms with van der Waals surface area (Å²) in [5, 5.41) is 8.01. The van der Waals surface area contributed by atoms with Crippen LogP contribution >= 0.6 is 11.3 Å². The Morgan fingerprint density at radius 3 is 2.81 bits per heavy atom. The molecule has 0 bridgehead atoms. The molecular weight excluding hydrogens is 358 g/mol. The molecule has 0 aliphatic carbocycles. The number of amides is 1. The van der Waals surface area contributed by atoms with E-state index >= 15 is 0 Å². The van der Waals surface area contributed by atoms with Crippen LogP contribution in [0.3, 0.4) is 0 Å². The number of rotatable bonds is 3. The molecule has 3 heterocycles. The highest BCUT2D eigenvalue weighted by Crippen LogP contribution is 2.30. The number of nitrogens with zero attached hydrogens (tertiary/aromatic N) is 3. The van der Waals surface area contributed by atoms with Crippen molar-refractivity contribution in [2.24, 2.45) is 7.05 Å². The quantitative estimate of drug-likeness (QED) is 0.733. The minimum absolute atomic E-state index is 0.109. The first-order valence-electron chi connectivity index (χ1n) is 8.79. The van der Waals surface area contributed by atoms with Crippen molar-refractivity contribution in [3.8, 4) is 11.3 Å². The lowest BCUT2D eigenvalue weighted by molar-refractivity contribution is -0.111. The largest absolute Gasteiger partial charge is 0.331 e. The molecule has 0 radical (unpaired) electrons. The first kappa shape index (κ1) is 17.6. The highest BCUT2D eigenvalue weighted by atomic mass is 32.1. The molecule has 6 nitrogen and oxygen atoms in total. The fraction of sp³-hybridized carbons (Fsp3) is 0.250. The van der Waals surface area contributed by atoms with E-state index in [0.29, 0.717) is 12.1 Å². The summed E-state index contributed by atoms with van der Waals surface area (Å²) >= 11 is 1.47. The predicted octanol–water partition coefficient (Wildman–Crippen LogP) is 3.29. The molecule has 2 aromatic heterocycles. The molecule has 3 aromatic rings. The van der Waals surface area contributed by atoms with Crippen molar-refractivity contribution in [1.82, 2.24) is 19.9 Å². The molecule has 4 rings (SSSR count). The number of benzene rings is 1. The second-order valence-corrected chi connectivity index (χ2v) is 7.80. The van der Waals surface area contributed by atoms with Crippen molar-refractivity contribution in [2.45, 2.75) is 20.4 Å². The molecule has 1 amide bonds. The molecule has 0 atom stereocenters. The van der Waals surface area contributed by atoms with Gasteiger partial charge in [-0.1, -0.05) is 18.2 Å². The number of aromatic nitrogens is 3. The van der Waals surface area contributed by atoms with Crippen LogP contribution in [0.1, 0.15) is 22.0 Å². The van der Waals surface area contributed by atoms with Gasteiger partial charge < -0.3 is 15.2 Å². The Morgan fingerprint density at radius 1 is 1.26 bits per heavy atom. The molecule has 7 heteroatoms. The molecular formula is C20H21N5OS. The van der Waals surface area contributed by atoms with Crippen molar-refractivity contribution in [3.05, 3.63) is 58.6 Å². The fourth-order valence-corrected chi connectivity index (χ4v) is 3.89. The Bertz CT molecular complexity index is 1050. The standard InChI is InChI=1S/C20H21N5OS/c1-12-22-10-18(25(12)3)14-4-5-15-9-21-7-6-16(17(15)8-14)20(26)24-19-11-23-13(2)27-19/h4-6,8,10-11,21H,7,9H2,1-3H3,(H,24,26). The van der Waals surface area contributed by atoms with Gasteiger partial charge >= 0.3 is 0 Å². The monoisotopic (exact) mass is 379 g/mol. The van der Waals surface area contributed by atoms with Crippen LogP contribution in [-0.2, 0) is 18.4 Å². The molecule has 27 heavy (non-hydrogen) atoms. The Kier molecular flexibility index (Phi) is 4.63. The fourth-order valence-electron chi connectivity index (χ4n) is 3.22. The number of carbonyl (C=O) groups is 1. The summed E-state index contributed by atoms with van der Waals surface area (Å²) in [5.74, 6) is 0.845. The first-order valence-corrected chi connectivity index (χ1v) is 9.61. The van der Waals surface area contributed by atoms with Crippen molar-refractivity contribution in [1.29, 1.82) is 0 Å². The number of imidazole rings is 1. The number of hydrogen-bond acceptors (Lipinski definition) is 5. The number of fused-ring (bicyclic) bond motifs is 1. The zero-order valence-electron chi connectivity index (χ0n) is 15.5. The number of aryl methyl sites for hydroxylation is 2. The van der Waals surface area contributed by atoms with E-state index in [-0.39, 0.29) is 5.91 Å². The minimum Gasteiger partial charge on any atom is -0.331 e. The molecule has 138 valence electrons. The molecule has 2 N–H and O–H groups in total. The van der Waals surface area contributed by atoms with Crippen molar-refractivity contribution < 1.29 is 4.79 Å². The maximum Gasteiger partial charge on any atom is 0.256 e. The third kappa shape index (κ3) is 3.43. The topological polar surface area (TPSA) is 71.8 Å².